The van der Waals surface area contributed by atoms with E-state index in [1.807, 2.05) is 13.8 Å². The Bertz CT molecular complexity index is 344. The molecule has 17 heavy (non-hydrogen) atoms. The van der Waals surface area contributed by atoms with Crippen LogP contribution in [0.15, 0.2) is 36.5 Å². The zero-order valence-electron chi connectivity index (χ0n) is 10.5. The molecule has 4 atom stereocenters. The van der Waals surface area contributed by atoms with Crippen LogP contribution in [0.4, 0.5) is 0 Å². The Hall–Kier alpha value is -0.860. The summed E-state index contributed by atoms with van der Waals surface area (Å²) in [7, 11) is 0. The third kappa shape index (κ3) is 2.24. The van der Waals surface area contributed by atoms with Crippen LogP contribution in [0.1, 0.15) is 26.7 Å². The lowest BCUT2D eigenvalue weighted by molar-refractivity contribution is -0.145. The topological polar surface area (TPSA) is 18.5 Å². The summed E-state index contributed by atoms with van der Waals surface area (Å²) in [6, 6.07) is 0. The van der Waals surface area contributed by atoms with Crippen LogP contribution in [0.5, 0.6) is 0 Å². The second-order valence-electron chi connectivity index (χ2n) is 5.67. The molecule has 1 saturated carbocycles. The fourth-order valence-corrected chi connectivity index (χ4v) is 3.18. The molecule has 3 aliphatic rings. The molecule has 0 aromatic heterocycles. The highest BCUT2D eigenvalue weighted by Gasteiger charge is 2.46. The van der Waals surface area contributed by atoms with Gasteiger partial charge < -0.3 is 9.47 Å². The fourth-order valence-electron chi connectivity index (χ4n) is 3.18. The summed E-state index contributed by atoms with van der Waals surface area (Å²) in [5.41, 5.74) is 0. The molecular formula is C15H20O2. The highest BCUT2D eigenvalue weighted by Crippen LogP contribution is 2.42. The van der Waals surface area contributed by atoms with E-state index < -0.39 is 5.79 Å². The molecule has 0 spiro atoms. The molecule has 3 rings (SSSR count). The number of fused-ring (bicyclic) bond motifs is 2. The molecule has 0 N–H and O–H groups in total. The van der Waals surface area contributed by atoms with Crippen molar-refractivity contribution in [2.24, 2.45) is 11.8 Å². The van der Waals surface area contributed by atoms with E-state index in [-0.39, 0.29) is 12.2 Å². The van der Waals surface area contributed by atoms with Crippen molar-refractivity contribution in [1.29, 1.82) is 0 Å². The fraction of sp³-hybridized carbons (Fsp3) is 0.600. The van der Waals surface area contributed by atoms with Gasteiger partial charge in [0.25, 0.3) is 0 Å². The van der Waals surface area contributed by atoms with Gasteiger partial charge in [0.1, 0.15) is 0 Å². The van der Waals surface area contributed by atoms with Crippen molar-refractivity contribution >= 4 is 0 Å². The molecule has 1 saturated heterocycles. The Morgan fingerprint density at radius 3 is 1.76 bits per heavy atom. The predicted molar refractivity (Wildman–Crippen MR) is 67.5 cm³/mol. The molecule has 0 bridgehead atoms. The van der Waals surface area contributed by atoms with Crippen molar-refractivity contribution in [2.45, 2.75) is 44.7 Å². The van der Waals surface area contributed by atoms with E-state index in [0.717, 1.165) is 12.8 Å². The normalized spacial score (nSPS) is 48.4. The molecule has 1 aliphatic heterocycles. The van der Waals surface area contributed by atoms with Crippen LogP contribution in [-0.2, 0) is 9.47 Å². The Balaban J connectivity index is 1.80. The maximum Gasteiger partial charge on any atom is 0.163 e. The van der Waals surface area contributed by atoms with Crippen molar-refractivity contribution in [2.75, 3.05) is 0 Å². The molecule has 0 unspecified atom stereocenters. The largest absolute Gasteiger partial charge is 0.345 e. The minimum absolute atomic E-state index is 0.271. The van der Waals surface area contributed by atoms with Crippen LogP contribution in [0.2, 0.25) is 0 Å². The standard InChI is InChI=1S/C15H20O2/c1-15(2)16-13-9-11-7-5-3-4-6-8-12(11)10-14(13)17-15/h3-8,11-14H,9-10H2,1-2H3/b4-3-,7-5-,8-6-/t11-,12-,13+,14+/m1/s1. The molecule has 2 aliphatic carbocycles. The Labute approximate surface area is 103 Å². The van der Waals surface area contributed by atoms with E-state index in [1.54, 1.807) is 0 Å². The van der Waals surface area contributed by atoms with E-state index in [1.165, 1.54) is 0 Å². The first-order valence-electron chi connectivity index (χ1n) is 6.51. The smallest absolute Gasteiger partial charge is 0.163 e. The number of hydrogen-bond acceptors (Lipinski definition) is 2. The van der Waals surface area contributed by atoms with E-state index in [4.69, 9.17) is 9.47 Å². The molecule has 2 heteroatoms. The zero-order chi connectivity index (χ0) is 11.9. The summed E-state index contributed by atoms with van der Waals surface area (Å²) >= 11 is 0. The summed E-state index contributed by atoms with van der Waals surface area (Å²) in [5, 5.41) is 0. The first kappa shape index (κ1) is 11.2. The maximum absolute atomic E-state index is 5.98. The minimum Gasteiger partial charge on any atom is -0.345 e. The van der Waals surface area contributed by atoms with Gasteiger partial charge in [-0.25, -0.2) is 0 Å². The van der Waals surface area contributed by atoms with Crippen LogP contribution < -0.4 is 0 Å². The van der Waals surface area contributed by atoms with Crippen molar-refractivity contribution < 1.29 is 9.47 Å². The highest BCUT2D eigenvalue weighted by atomic mass is 16.7. The van der Waals surface area contributed by atoms with Crippen molar-refractivity contribution in [3.8, 4) is 0 Å². The Morgan fingerprint density at radius 2 is 1.29 bits per heavy atom. The summed E-state index contributed by atoms with van der Waals surface area (Å²) in [6.07, 6.45) is 15.8. The third-order valence-corrected chi connectivity index (χ3v) is 3.89. The van der Waals surface area contributed by atoms with Crippen LogP contribution in [-0.4, -0.2) is 18.0 Å². The third-order valence-electron chi connectivity index (χ3n) is 3.89. The molecule has 0 radical (unpaired) electrons. The molecule has 2 fully saturated rings. The lowest BCUT2D eigenvalue weighted by atomic mass is 9.76. The van der Waals surface area contributed by atoms with Crippen LogP contribution in [0.25, 0.3) is 0 Å². The van der Waals surface area contributed by atoms with E-state index in [9.17, 15) is 0 Å². The molecule has 0 amide bonds. The summed E-state index contributed by atoms with van der Waals surface area (Å²) in [4.78, 5) is 0. The van der Waals surface area contributed by atoms with Gasteiger partial charge in [0, 0.05) is 0 Å². The second kappa shape index (κ2) is 4.11. The van der Waals surface area contributed by atoms with Crippen LogP contribution in [0, 0.1) is 11.8 Å². The van der Waals surface area contributed by atoms with Gasteiger partial charge in [-0.15, -0.1) is 0 Å². The molecule has 1 heterocycles. The average molecular weight is 232 g/mol. The van der Waals surface area contributed by atoms with Gasteiger partial charge in [0.15, 0.2) is 5.79 Å². The van der Waals surface area contributed by atoms with Crippen LogP contribution >= 0.6 is 0 Å². The quantitative estimate of drug-likeness (QED) is 0.638. The van der Waals surface area contributed by atoms with Gasteiger partial charge >= 0.3 is 0 Å². The Morgan fingerprint density at radius 1 is 0.824 bits per heavy atom. The summed E-state index contributed by atoms with van der Waals surface area (Å²) < 4.78 is 12.0. The molecule has 0 aromatic rings. The van der Waals surface area contributed by atoms with Gasteiger partial charge in [-0.2, -0.15) is 0 Å². The van der Waals surface area contributed by atoms with E-state index in [0.29, 0.717) is 11.8 Å². The Kier molecular flexibility index (Phi) is 2.72. The van der Waals surface area contributed by atoms with Gasteiger partial charge in [-0.05, 0) is 38.5 Å². The van der Waals surface area contributed by atoms with Crippen LogP contribution in [0.3, 0.4) is 0 Å². The molecule has 92 valence electrons. The first-order chi connectivity index (χ1) is 8.14. The van der Waals surface area contributed by atoms with Gasteiger partial charge in [-0.1, -0.05) is 36.5 Å². The number of rotatable bonds is 0. The lowest BCUT2D eigenvalue weighted by Gasteiger charge is -2.34. The molecule has 0 aromatic carbocycles. The summed E-state index contributed by atoms with van der Waals surface area (Å²) in [5.74, 6) is 0.783. The first-order valence-corrected chi connectivity index (χ1v) is 6.51. The highest BCUT2D eigenvalue weighted by molar-refractivity contribution is 5.18. The van der Waals surface area contributed by atoms with Crippen molar-refractivity contribution in [3.63, 3.8) is 0 Å². The maximum atomic E-state index is 5.98. The SMILES string of the molecule is CC1(C)O[C@H]2C[C@H]3\C=C/C=C\C=C/[C@@H]3C[C@@H]2O1. The molecule has 2 nitrogen and oxygen atoms in total. The second-order valence-corrected chi connectivity index (χ2v) is 5.67. The average Bonchev–Trinajstić information content (AvgIpc) is 2.51. The van der Waals surface area contributed by atoms with Crippen molar-refractivity contribution in [3.05, 3.63) is 36.5 Å². The van der Waals surface area contributed by atoms with Crippen molar-refractivity contribution in [1.82, 2.24) is 0 Å². The van der Waals surface area contributed by atoms with E-state index in [2.05, 4.69) is 36.5 Å². The van der Waals surface area contributed by atoms with Gasteiger partial charge in [0.2, 0.25) is 0 Å². The lowest BCUT2D eigenvalue weighted by Crippen LogP contribution is -2.35. The van der Waals surface area contributed by atoms with Gasteiger partial charge in [-0.3, -0.25) is 0 Å². The predicted octanol–water partition coefficient (Wildman–Crippen LogP) is 3.21. The number of allylic oxidation sites excluding steroid dienone is 6. The summed E-state index contributed by atoms with van der Waals surface area (Å²) in [6.45, 7) is 4.03. The molecular weight excluding hydrogens is 212 g/mol. The zero-order valence-corrected chi connectivity index (χ0v) is 10.5. The van der Waals surface area contributed by atoms with Gasteiger partial charge in [0.05, 0.1) is 12.2 Å². The van der Waals surface area contributed by atoms with E-state index >= 15 is 0 Å². The number of hydrogen-bond donors (Lipinski definition) is 0. The minimum atomic E-state index is -0.402. The monoisotopic (exact) mass is 232 g/mol. The number of ether oxygens (including phenoxy) is 2.